The molecule has 0 spiro atoms. The van der Waals surface area contributed by atoms with Gasteiger partial charge in [-0.15, -0.1) is 10.2 Å². The summed E-state index contributed by atoms with van der Waals surface area (Å²) in [4.78, 5) is 10.8. The van der Waals surface area contributed by atoms with E-state index in [1.54, 1.807) is 10.6 Å². The lowest BCUT2D eigenvalue weighted by Crippen LogP contribution is -2.08. The average Bonchev–Trinajstić information content (AvgIpc) is 2.48. The summed E-state index contributed by atoms with van der Waals surface area (Å²) in [5, 5.41) is 10.3. The van der Waals surface area contributed by atoms with Crippen LogP contribution in [0.4, 0.5) is 5.95 Å². The van der Waals surface area contributed by atoms with Gasteiger partial charge in [-0.05, 0) is 12.1 Å². The largest absolute Gasteiger partial charge is 0.295 e. The van der Waals surface area contributed by atoms with E-state index < -0.39 is 0 Å². The molecule has 2 aromatic heterocycles. The Balaban J connectivity index is 2.51. The molecule has 2 heterocycles. The van der Waals surface area contributed by atoms with Crippen LogP contribution in [0.2, 0.25) is 0 Å². The van der Waals surface area contributed by atoms with E-state index >= 15 is 0 Å². The number of rotatable bonds is 1. The highest BCUT2D eigenvalue weighted by Crippen LogP contribution is 2.06. The molecule has 2 rings (SSSR count). The molecule has 0 aliphatic rings. The highest BCUT2D eigenvalue weighted by molar-refractivity contribution is 5.87. The minimum absolute atomic E-state index is 0.154. The van der Waals surface area contributed by atoms with Crippen molar-refractivity contribution in [2.45, 2.75) is 6.92 Å². The van der Waals surface area contributed by atoms with Crippen molar-refractivity contribution in [3.8, 4) is 0 Å². The van der Waals surface area contributed by atoms with Gasteiger partial charge in [0.05, 0.1) is 0 Å². The Morgan fingerprint density at radius 1 is 1.46 bits per heavy atom. The number of carbonyl (C=O) groups excluding carboxylic acids is 1. The van der Waals surface area contributed by atoms with Gasteiger partial charge in [-0.2, -0.15) is 0 Å². The maximum atomic E-state index is 10.8. The zero-order valence-corrected chi connectivity index (χ0v) is 7.06. The van der Waals surface area contributed by atoms with Crippen LogP contribution in [-0.4, -0.2) is 20.5 Å². The summed E-state index contributed by atoms with van der Waals surface area (Å²) < 4.78 is 1.71. The predicted molar refractivity (Wildman–Crippen MR) is 47.3 cm³/mol. The fourth-order valence-electron chi connectivity index (χ4n) is 1.08. The minimum atomic E-state index is -0.154. The van der Waals surface area contributed by atoms with E-state index in [9.17, 15) is 4.79 Å². The third-order valence-electron chi connectivity index (χ3n) is 1.60. The van der Waals surface area contributed by atoms with Crippen molar-refractivity contribution >= 4 is 17.5 Å². The Morgan fingerprint density at radius 2 is 2.31 bits per heavy atom. The quantitative estimate of drug-likeness (QED) is 0.695. The molecule has 13 heavy (non-hydrogen) atoms. The Morgan fingerprint density at radius 3 is 3.08 bits per heavy atom. The summed E-state index contributed by atoms with van der Waals surface area (Å²) in [6.45, 7) is 1.43. The van der Waals surface area contributed by atoms with Crippen molar-refractivity contribution in [3.05, 3.63) is 24.4 Å². The lowest BCUT2D eigenvalue weighted by molar-refractivity contribution is -0.114. The van der Waals surface area contributed by atoms with Gasteiger partial charge >= 0.3 is 0 Å². The number of carbonyl (C=O) groups is 1. The number of nitrogens with one attached hydrogen (secondary N) is 1. The topological polar surface area (TPSA) is 59.3 Å². The van der Waals surface area contributed by atoms with E-state index in [0.29, 0.717) is 11.6 Å². The van der Waals surface area contributed by atoms with Crippen LogP contribution >= 0.6 is 0 Å². The van der Waals surface area contributed by atoms with Crippen molar-refractivity contribution in [3.63, 3.8) is 0 Å². The number of amides is 1. The lowest BCUT2D eigenvalue weighted by Gasteiger charge is -1.97. The summed E-state index contributed by atoms with van der Waals surface area (Å²) in [5.74, 6) is 0.293. The highest BCUT2D eigenvalue weighted by atomic mass is 16.1. The van der Waals surface area contributed by atoms with E-state index in [1.807, 2.05) is 18.2 Å². The molecule has 1 N–H and O–H groups in total. The molecule has 0 saturated carbocycles. The van der Waals surface area contributed by atoms with Crippen molar-refractivity contribution in [1.29, 1.82) is 0 Å². The van der Waals surface area contributed by atoms with E-state index in [4.69, 9.17) is 0 Å². The van der Waals surface area contributed by atoms with E-state index in [1.165, 1.54) is 6.92 Å². The highest BCUT2D eigenvalue weighted by Gasteiger charge is 2.03. The third kappa shape index (κ3) is 1.35. The van der Waals surface area contributed by atoms with Crippen LogP contribution in [-0.2, 0) is 4.79 Å². The molecule has 0 bridgehead atoms. The number of hydrogen-bond acceptors (Lipinski definition) is 3. The van der Waals surface area contributed by atoms with Gasteiger partial charge in [0.2, 0.25) is 11.9 Å². The van der Waals surface area contributed by atoms with Crippen molar-refractivity contribution in [1.82, 2.24) is 14.6 Å². The number of aromatic nitrogens is 3. The van der Waals surface area contributed by atoms with Gasteiger partial charge in [0.25, 0.3) is 0 Å². The second-order valence-electron chi connectivity index (χ2n) is 2.63. The van der Waals surface area contributed by atoms with Gasteiger partial charge in [-0.1, -0.05) is 6.07 Å². The number of nitrogens with zero attached hydrogens (tertiary/aromatic N) is 3. The summed E-state index contributed by atoms with van der Waals surface area (Å²) >= 11 is 0. The third-order valence-corrected chi connectivity index (χ3v) is 1.60. The first kappa shape index (κ1) is 7.72. The molecule has 5 heteroatoms. The maximum Gasteiger partial charge on any atom is 0.235 e. The van der Waals surface area contributed by atoms with Crippen LogP contribution in [0.1, 0.15) is 6.92 Å². The maximum absolute atomic E-state index is 10.8. The standard InChI is InChI=1S/C8H8N4O/c1-6(13)9-8-11-10-7-4-2-3-5-12(7)8/h2-5H,1H3,(H,9,11,13). The molecule has 66 valence electrons. The molecule has 0 fully saturated rings. The van der Waals surface area contributed by atoms with Gasteiger partial charge in [-0.25, -0.2) is 0 Å². The van der Waals surface area contributed by atoms with Crippen LogP contribution in [0, 0.1) is 0 Å². The molecule has 0 aromatic carbocycles. The minimum Gasteiger partial charge on any atom is -0.295 e. The van der Waals surface area contributed by atoms with Crippen LogP contribution < -0.4 is 5.32 Å². The molecule has 1 amide bonds. The van der Waals surface area contributed by atoms with Gasteiger partial charge in [-0.3, -0.25) is 14.5 Å². The molecule has 0 saturated heterocycles. The first-order valence-electron chi connectivity index (χ1n) is 3.85. The van der Waals surface area contributed by atoms with Crippen molar-refractivity contribution in [2.24, 2.45) is 0 Å². The molecule has 0 unspecified atom stereocenters. The molecule has 5 nitrogen and oxygen atoms in total. The first-order valence-corrected chi connectivity index (χ1v) is 3.85. The smallest absolute Gasteiger partial charge is 0.235 e. The van der Waals surface area contributed by atoms with Gasteiger partial charge in [0, 0.05) is 13.1 Å². The van der Waals surface area contributed by atoms with E-state index in [-0.39, 0.29) is 5.91 Å². The summed E-state index contributed by atoms with van der Waals surface area (Å²) in [6, 6.07) is 5.53. The fraction of sp³-hybridized carbons (Fsp3) is 0.125. The SMILES string of the molecule is CC(=O)Nc1nnc2ccccn12. The molecular formula is C8H8N4O. The summed E-state index contributed by atoms with van der Waals surface area (Å²) in [6.07, 6.45) is 1.79. The number of pyridine rings is 1. The Kier molecular flexibility index (Phi) is 1.70. The number of fused-ring (bicyclic) bond motifs is 1. The molecule has 0 aliphatic carbocycles. The van der Waals surface area contributed by atoms with Crippen LogP contribution in [0.25, 0.3) is 5.65 Å². The first-order chi connectivity index (χ1) is 6.27. The van der Waals surface area contributed by atoms with Gasteiger partial charge < -0.3 is 0 Å². The molecular weight excluding hydrogens is 168 g/mol. The molecule has 0 atom stereocenters. The summed E-state index contributed by atoms with van der Waals surface area (Å²) in [7, 11) is 0. The van der Waals surface area contributed by atoms with Gasteiger partial charge in [0.1, 0.15) is 0 Å². The monoisotopic (exact) mass is 176 g/mol. The second-order valence-corrected chi connectivity index (χ2v) is 2.63. The molecule has 2 aromatic rings. The Bertz CT molecular complexity index is 448. The normalized spacial score (nSPS) is 10.2. The number of hydrogen-bond donors (Lipinski definition) is 1. The molecule has 0 aliphatic heterocycles. The summed E-state index contributed by atoms with van der Waals surface area (Å²) in [5.41, 5.74) is 0.714. The van der Waals surface area contributed by atoms with Crippen molar-refractivity contribution in [2.75, 3.05) is 5.32 Å². The van der Waals surface area contributed by atoms with Crippen LogP contribution in [0.15, 0.2) is 24.4 Å². The van der Waals surface area contributed by atoms with E-state index in [2.05, 4.69) is 15.5 Å². The molecule has 0 radical (unpaired) electrons. The lowest BCUT2D eigenvalue weighted by atomic mass is 10.5. The van der Waals surface area contributed by atoms with Crippen LogP contribution in [0.5, 0.6) is 0 Å². The fourth-order valence-corrected chi connectivity index (χ4v) is 1.08. The Hall–Kier alpha value is -1.91. The average molecular weight is 176 g/mol. The van der Waals surface area contributed by atoms with Crippen LogP contribution in [0.3, 0.4) is 0 Å². The Labute approximate surface area is 74.4 Å². The number of anilines is 1. The van der Waals surface area contributed by atoms with Crippen molar-refractivity contribution < 1.29 is 4.79 Å². The van der Waals surface area contributed by atoms with E-state index in [0.717, 1.165) is 0 Å². The second kappa shape index (κ2) is 2.85. The predicted octanol–water partition coefficient (Wildman–Crippen LogP) is 0.688. The zero-order chi connectivity index (χ0) is 9.26. The van der Waals surface area contributed by atoms with Gasteiger partial charge in [0.15, 0.2) is 5.65 Å². The zero-order valence-electron chi connectivity index (χ0n) is 7.06.